The van der Waals surface area contributed by atoms with Crippen LogP contribution in [0.4, 0.5) is 5.69 Å². The summed E-state index contributed by atoms with van der Waals surface area (Å²) in [4.78, 5) is 1.07. The minimum absolute atomic E-state index is 0.737. The minimum atomic E-state index is 0.737. The van der Waals surface area contributed by atoms with Gasteiger partial charge >= 0.3 is 0 Å². The number of hydrogen-bond donors (Lipinski definition) is 1. The Balaban J connectivity index is 1.95. The Bertz CT molecular complexity index is 584. The molecule has 0 unspecified atom stereocenters. The maximum Gasteiger partial charge on any atom is 0.0599 e. The standard InChI is InChI=1S/C15H12BrNS/c16-13-8-9-15(14(17)11-13)18-10-4-7-12-5-2-1-3-6-12/h1-3,5-6,8-9,11H,10,17H2. The van der Waals surface area contributed by atoms with Crippen molar-refractivity contribution in [1.82, 2.24) is 0 Å². The van der Waals surface area contributed by atoms with Crippen LogP contribution in [0.2, 0.25) is 0 Å². The lowest BCUT2D eigenvalue weighted by molar-refractivity contribution is 1.44. The molecule has 0 saturated carbocycles. The number of thioether (sulfide) groups is 1. The lowest BCUT2D eigenvalue weighted by atomic mass is 10.2. The average molecular weight is 318 g/mol. The van der Waals surface area contributed by atoms with Crippen molar-refractivity contribution in [3.63, 3.8) is 0 Å². The Labute approximate surface area is 120 Å². The summed E-state index contributed by atoms with van der Waals surface area (Å²) in [5.41, 5.74) is 7.75. The monoisotopic (exact) mass is 317 g/mol. The van der Waals surface area contributed by atoms with E-state index in [1.807, 2.05) is 48.5 Å². The average Bonchev–Trinajstić information content (AvgIpc) is 2.38. The highest BCUT2D eigenvalue weighted by Crippen LogP contribution is 2.27. The van der Waals surface area contributed by atoms with Gasteiger partial charge in [0, 0.05) is 20.6 Å². The maximum absolute atomic E-state index is 5.92. The molecule has 2 aromatic rings. The summed E-state index contributed by atoms with van der Waals surface area (Å²) in [6.45, 7) is 0. The molecular formula is C15H12BrNS. The number of nitrogen functional groups attached to an aromatic ring is 1. The van der Waals surface area contributed by atoms with Crippen molar-refractivity contribution in [2.24, 2.45) is 0 Å². The molecule has 2 rings (SSSR count). The third-order valence-corrected chi connectivity index (χ3v) is 3.74. The van der Waals surface area contributed by atoms with Gasteiger partial charge in [-0.05, 0) is 30.3 Å². The molecule has 0 bridgehead atoms. The molecule has 90 valence electrons. The van der Waals surface area contributed by atoms with Crippen LogP contribution in [0.15, 0.2) is 57.9 Å². The summed E-state index contributed by atoms with van der Waals surface area (Å²) in [6, 6.07) is 15.9. The van der Waals surface area contributed by atoms with E-state index in [9.17, 15) is 0 Å². The Kier molecular flexibility index (Phi) is 4.74. The van der Waals surface area contributed by atoms with Gasteiger partial charge in [0.1, 0.15) is 0 Å². The number of nitrogens with two attached hydrogens (primary N) is 1. The summed E-state index contributed by atoms with van der Waals surface area (Å²) in [7, 11) is 0. The van der Waals surface area contributed by atoms with E-state index in [0.29, 0.717) is 0 Å². The number of hydrogen-bond acceptors (Lipinski definition) is 2. The van der Waals surface area contributed by atoms with E-state index in [0.717, 1.165) is 26.4 Å². The van der Waals surface area contributed by atoms with Crippen LogP contribution < -0.4 is 5.73 Å². The normalized spacial score (nSPS) is 9.61. The van der Waals surface area contributed by atoms with Crippen LogP contribution in [0.25, 0.3) is 0 Å². The lowest BCUT2D eigenvalue weighted by Gasteiger charge is -2.02. The largest absolute Gasteiger partial charge is 0.398 e. The predicted molar refractivity (Wildman–Crippen MR) is 82.6 cm³/mol. The Morgan fingerprint density at radius 1 is 1.11 bits per heavy atom. The molecule has 2 N–H and O–H groups in total. The molecule has 0 fully saturated rings. The zero-order valence-corrected chi connectivity index (χ0v) is 12.1. The molecule has 0 radical (unpaired) electrons. The Hall–Kier alpha value is -1.37. The molecule has 0 aliphatic heterocycles. The van der Waals surface area contributed by atoms with Crippen LogP contribution in [-0.4, -0.2) is 5.75 Å². The molecule has 18 heavy (non-hydrogen) atoms. The van der Waals surface area contributed by atoms with E-state index in [4.69, 9.17) is 5.73 Å². The Morgan fingerprint density at radius 3 is 2.61 bits per heavy atom. The molecule has 0 aliphatic rings. The van der Waals surface area contributed by atoms with Crippen molar-refractivity contribution in [1.29, 1.82) is 0 Å². The van der Waals surface area contributed by atoms with E-state index in [1.54, 1.807) is 11.8 Å². The van der Waals surface area contributed by atoms with Crippen LogP contribution in [0, 0.1) is 11.8 Å². The summed E-state index contributed by atoms with van der Waals surface area (Å²) in [5, 5.41) is 0. The SMILES string of the molecule is Nc1cc(Br)ccc1SCC#Cc1ccccc1. The van der Waals surface area contributed by atoms with E-state index in [2.05, 4.69) is 27.8 Å². The molecule has 0 saturated heterocycles. The lowest BCUT2D eigenvalue weighted by Crippen LogP contribution is -1.88. The van der Waals surface area contributed by atoms with Gasteiger partial charge < -0.3 is 5.73 Å². The molecule has 0 atom stereocenters. The van der Waals surface area contributed by atoms with Gasteiger partial charge in [0.05, 0.1) is 5.75 Å². The third kappa shape index (κ3) is 3.83. The first kappa shape index (κ1) is 13.1. The van der Waals surface area contributed by atoms with Crippen molar-refractivity contribution in [2.75, 3.05) is 11.5 Å². The van der Waals surface area contributed by atoms with Crippen LogP contribution in [0.5, 0.6) is 0 Å². The minimum Gasteiger partial charge on any atom is -0.398 e. The van der Waals surface area contributed by atoms with Crippen molar-refractivity contribution >= 4 is 33.4 Å². The van der Waals surface area contributed by atoms with Crippen molar-refractivity contribution in [3.05, 3.63) is 58.6 Å². The second-order valence-corrected chi connectivity index (χ2v) is 5.57. The summed E-state index contributed by atoms with van der Waals surface area (Å²) in [5.74, 6) is 7.00. The van der Waals surface area contributed by atoms with Crippen molar-refractivity contribution in [3.8, 4) is 11.8 Å². The highest BCUT2D eigenvalue weighted by molar-refractivity contribution is 9.10. The van der Waals surface area contributed by atoms with Gasteiger partial charge in [0.2, 0.25) is 0 Å². The second kappa shape index (κ2) is 6.53. The van der Waals surface area contributed by atoms with Crippen molar-refractivity contribution in [2.45, 2.75) is 4.90 Å². The van der Waals surface area contributed by atoms with Gasteiger partial charge in [-0.3, -0.25) is 0 Å². The fourth-order valence-corrected chi connectivity index (χ4v) is 2.49. The fourth-order valence-electron chi connectivity index (χ4n) is 1.42. The molecule has 0 aromatic heterocycles. The molecular weight excluding hydrogens is 306 g/mol. The van der Waals surface area contributed by atoms with Gasteiger partial charge in [-0.2, -0.15) is 0 Å². The summed E-state index contributed by atoms with van der Waals surface area (Å²) >= 11 is 5.05. The van der Waals surface area contributed by atoms with Crippen LogP contribution in [0.1, 0.15) is 5.56 Å². The smallest absolute Gasteiger partial charge is 0.0599 e. The predicted octanol–water partition coefficient (Wildman–Crippen LogP) is 4.18. The molecule has 0 aliphatic carbocycles. The summed E-state index contributed by atoms with van der Waals surface area (Å²) < 4.78 is 1.000. The van der Waals surface area contributed by atoms with Gasteiger partial charge in [0.15, 0.2) is 0 Å². The highest BCUT2D eigenvalue weighted by atomic mass is 79.9. The Morgan fingerprint density at radius 2 is 1.89 bits per heavy atom. The van der Waals surface area contributed by atoms with Crippen LogP contribution in [-0.2, 0) is 0 Å². The molecule has 0 heterocycles. The van der Waals surface area contributed by atoms with E-state index in [-0.39, 0.29) is 0 Å². The topological polar surface area (TPSA) is 26.0 Å². The van der Waals surface area contributed by atoms with E-state index >= 15 is 0 Å². The van der Waals surface area contributed by atoms with Gasteiger partial charge in [-0.15, -0.1) is 11.8 Å². The maximum atomic E-state index is 5.92. The fraction of sp³-hybridized carbons (Fsp3) is 0.0667. The van der Waals surface area contributed by atoms with Gasteiger partial charge in [0.25, 0.3) is 0 Å². The van der Waals surface area contributed by atoms with Gasteiger partial charge in [-0.1, -0.05) is 46.0 Å². The number of anilines is 1. The molecule has 3 heteroatoms. The van der Waals surface area contributed by atoms with E-state index < -0.39 is 0 Å². The van der Waals surface area contributed by atoms with Crippen LogP contribution in [0.3, 0.4) is 0 Å². The zero-order chi connectivity index (χ0) is 12.8. The molecule has 0 spiro atoms. The first-order valence-corrected chi connectivity index (χ1v) is 7.25. The summed E-state index contributed by atoms with van der Waals surface area (Å²) in [6.07, 6.45) is 0. The molecule has 0 amide bonds. The first-order chi connectivity index (χ1) is 8.75. The number of rotatable bonds is 2. The highest BCUT2D eigenvalue weighted by Gasteiger charge is 1.98. The number of benzene rings is 2. The van der Waals surface area contributed by atoms with Crippen LogP contribution >= 0.6 is 27.7 Å². The van der Waals surface area contributed by atoms with Crippen molar-refractivity contribution < 1.29 is 0 Å². The number of halogens is 1. The molecule has 1 nitrogen and oxygen atoms in total. The third-order valence-electron chi connectivity index (χ3n) is 2.28. The molecule has 2 aromatic carbocycles. The first-order valence-electron chi connectivity index (χ1n) is 5.47. The second-order valence-electron chi connectivity index (χ2n) is 3.64. The quantitative estimate of drug-likeness (QED) is 0.511. The van der Waals surface area contributed by atoms with E-state index in [1.165, 1.54) is 0 Å². The van der Waals surface area contributed by atoms with Gasteiger partial charge in [-0.25, -0.2) is 0 Å². The zero-order valence-electron chi connectivity index (χ0n) is 9.69.